The molecule has 3 unspecified atom stereocenters. The number of hydrogen-bond donors (Lipinski definition) is 3. The molecule has 0 fully saturated rings. The summed E-state index contributed by atoms with van der Waals surface area (Å²) in [6, 6.07) is 0. The zero-order valence-electron chi connectivity index (χ0n) is 10.0. The summed E-state index contributed by atoms with van der Waals surface area (Å²) in [6.07, 6.45) is 3.80. The van der Waals surface area contributed by atoms with Crippen molar-refractivity contribution in [2.24, 2.45) is 0 Å². The van der Waals surface area contributed by atoms with Crippen LogP contribution in [-0.2, 0) is 0 Å². The monoisotopic (exact) mass is 218 g/mol. The van der Waals surface area contributed by atoms with Crippen LogP contribution in [0.2, 0.25) is 0 Å². The van der Waals surface area contributed by atoms with Crippen LogP contribution in [0.4, 0.5) is 0 Å². The second-order valence-corrected chi connectivity index (χ2v) is 4.36. The maximum Gasteiger partial charge on any atom is 0.0589 e. The van der Waals surface area contributed by atoms with Crippen molar-refractivity contribution in [3.8, 4) is 0 Å². The third kappa shape index (κ3) is 8.85. The molecule has 0 aromatic rings. The molecule has 0 aromatic heterocycles. The fourth-order valence-electron chi connectivity index (χ4n) is 1.73. The maximum absolute atomic E-state index is 9.60. The standard InChI is InChI=1S/C12H26O3/c1-3-5-7-11(14)9-12(15)8-10(13)6-4-2/h10-15H,3-9H2,1-2H3. The lowest BCUT2D eigenvalue weighted by Crippen LogP contribution is -2.22. The van der Waals surface area contributed by atoms with E-state index < -0.39 is 18.3 Å². The van der Waals surface area contributed by atoms with Gasteiger partial charge in [-0.15, -0.1) is 0 Å². The Morgan fingerprint density at radius 2 is 1.27 bits per heavy atom. The van der Waals surface area contributed by atoms with Crippen molar-refractivity contribution in [1.82, 2.24) is 0 Å². The van der Waals surface area contributed by atoms with E-state index in [4.69, 9.17) is 0 Å². The van der Waals surface area contributed by atoms with Gasteiger partial charge in [-0.2, -0.15) is 0 Å². The molecule has 0 spiro atoms. The minimum absolute atomic E-state index is 0.386. The Hall–Kier alpha value is -0.120. The quantitative estimate of drug-likeness (QED) is 0.553. The first kappa shape index (κ1) is 14.9. The van der Waals surface area contributed by atoms with Gasteiger partial charge < -0.3 is 15.3 Å². The van der Waals surface area contributed by atoms with Gasteiger partial charge in [0.15, 0.2) is 0 Å². The highest BCUT2D eigenvalue weighted by molar-refractivity contribution is 4.67. The third-order valence-electron chi connectivity index (χ3n) is 2.60. The Morgan fingerprint density at radius 1 is 0.733 bits per heavy atom. The van der Waals surface area contributed by atoms with Gasteiger partial charge in [0, 0.05) is 0 Å². The van der Waals surface area contributed by atoms with E-state index in [0.29, 0.717) is 12.8 Å². The van der Waals surface area contributed by atoms with Crippen LogP contribution in [0, 0.1) is 0 Å². The fourth-order valence-corrected chi connectivity index (χ4v) is 1.73. The normalized spacial score (nSPS) is 17.4. The van der Waals surface area contributed by atoms with E-state index in [-0.39, 0.29) is 0 Å². The summed E-state index contributed by atoms with van der Waals surface area (Å²) in [4.78, 5) is 0. The number of hydrogen-bond acceptors (Lipinski definition) is 3. The van der Waals surface area contributed by atoms with Crippen LogP contribution in [0.1, 0.15) is 58.8 Å². The van der Waals surface area contributed by atoms with Crippen LogP contribution in [-0.4, -0.2) is 33.6 Å². The average molecular weight is 218 g/mol. The van der Waals surface area contributed by atoms with Crippen molar-refractivity contribution in [3.63, 3.8) is 0 Å². The summed E-state index contributed by atoms with van der Waals surface area (Å²) in [6.45, 7) is 4.08. The van der Waals surface area contributed by atoms with Crippen molar-refractivity contribution in [2.45, 2.75) is 77.1 Å². The predicted molar refractivity (Wildman–Crippen MR) is 61.7 cm³/mol. The van der Waals surface area contributed by atoms with Gasteiger partial charge in [-0.25, -0.2) is 0 Å². The summed E-state index contributed by atoms with van der Waals surface area (Å²) in [5, 5.41) is 28.6. The number of rotatable bonds is 9. The molecule has 3 N–H and O–H groups in total. The van der Waals surface area contributed by atoms with Crippen LogP contribution >= 0.6 is 0 Å². The molecular formula is C12H26O3. The molecule has 0 amide bonds. The van der Waals surface area contributed by atoms with Gasteiger partial charge in [-0.1, -0.05) is 33.1 Å². The van der Waals surface area contributed by atoms with E-state index in [1.165, 1.54) is 0 Å². The summed E-state index contributed by atoms with van der Waals surface area (Å²) < 4.78 is 0. The summed E-state index contributed by atoms with van der Waals surface area (Å²) in [7, 11) is 0. The van der Waals surface area contributed by atoms with Crippen LogP contribution in [0.15, 0.2) is 0 Å². The first-order chi connectivity index (χ1) is 7.10. The second kappa shape index (κ2) is 9.13. The van der Waals surface area contributed by atoms with Crippen molar-refractivity contribution < 1.29 is 15.3 Å². The molecule has 0 heterocycles. The van der Waals surface area contributed by atoms with Crippen molar-refractivity contribution in [3.05, 3.63) is 0 Å². The van der Waals surface area contributed by atoms with Gasteiger partial charge in [0.05, 0.1) is 18.3 Å². The smallest absolute Gasteiger partial charge is 0.0589 e. The van der Waals surface area contributed by atoms with Gasteiger partial charge in [0.25, 0.3) is 0 Å². The Morgan fingerprint density at radius 3 is 1.73 bits per heavy atom. The highest BCUT2D eigenvalue weighted by Crippen LogP contribution is 2.12. The Balaban J connectivity index is 3.57. The van der Waals surface area contributed by atoms with Crippen LogP contribution < -0.4 is 0 Å². The average Bonchev–Trinajstić information content (AvgIpc) is 2.14. The highest BCUT2D eigenvalue weighted by atomic mass is 16.3. The van der Waals surface area contributed by atoms with E-state index in [0.717, 1.165) is 32.1 Å². The lowest BCUT2D eigenvalue weighted by atomic mass is 10.0. The summed E-state index contributed by atoms with van der Waals surface area (Å²) in [5.74, 6) is 0. The van der Waals surface area contributed by atoms with E-state index in [9.17, 15) is 15.3 Å². The van der Waals surface area contributed by atoms with Crippen LogP contribution in [0.5, 0.6) is 0 Å². The van der Waals surface area contributed by atoms with Crippen molar-refractivity contribution in [1.29, 1.82) is 0 Å². The molecule has 0 radical (unpaired) electrons. The SMILES string of the molecule is CCCCC(O)CC(O)CC(O)CCC. The van der Waals surface area contributed by atoms with Gasteiger partial charge in [-0.3, -0.25) is 0 Å². The maximum atomic E-state index is 9.60. The van der Waals surface area contributed by atoms with E-state index >= 15 is 0 Å². The van der Waals surface area contributed by atoms with E-state index in [2.05, 4.69) is 6.92 Å². The highest BCUT2D eigenvalue weighted by Gasteiger charge is 2.15. The lowest BCUT2D eigenvalue weighted by Gasteiger charge is -2.18. The first-order valence-electron chi connectivity index (χ1n) is 6.14. The second-order valence-electron chi connectivity index (χ2n) is 4.36. The zero-order valence-corrected chi connectivity index (χ0v) is 10.0. The Bertz CT molecular complexity index is 139. The molecule has 0 aliphatic heterocycles. The number of aliphatic hydroxyl groups is 3. The van der Waals surface area contributed by atoms with Crippen LogP contribution in [0.3, 0.4) is 0 Å². The minimum atomic E-state index is -0.571. The minimum Gasteiger partial charge on any atom is -0.393 e. The molecule has 0 saturated heterocycles. The van der Waals surface area contributed by atoms with Gasteiger partial charge >= 0.3 is 0 Å². The van der Waals surface area contributed by atoms with E-state index in [1.807, 2.05) is 6.92 Å². The van der Waals surface area contributed by atoms with Crippen molar-refractivity contribution in [2.75, 3.05) is 0 Å². The Labute approximate surface area is 93.1 Å². The molecule has 0 aliphatic carbocycles. The molecule has 0 aromatic carbocycles. The van der Waals surface area contributed by atoms with Crippen LogP contribution in [0.25, 0.3) is 0 Å². The molecule has 92 valence electrons. The van der Waals surface area contributed by atoms with E-state index in [1.54, 1.807) is 0 Å². The molecule has 3 nitrogen and oxygen atoms in total. The zero-order chi connectivity index (χ0) is 11.7. The lowest BCUT2D eigenvalue weighted by molar-refractivity contribution is 0.0342. The first-order valence-corrected chi connectivity index (χ1v) is 6.14. The van der Waals surface area contributed by atoms with Gasteiger partial charge in [-0.05, 0) is 25.7 Å². The summed E-state index contributed by atoms with van der Waals surface area (Å²) >= 11 is 0. The number of unbranched alkanes of at least 4 members (excludes halogenated alkanes) is 1. The third-order valence-corrected chi connectivity index (χ3v) is 2.60. The van der Waals surface area contributed by atoms with Crippen molar-refractivity contribution >= 4 is 0 Å². The molecule has 3 heteroatoms. The Kier molecular flexibility index (Phi) is 9.06. The molecule has 0 rings (SSSR count). The molecule has 0 saturated carbocycles. The van der Waals surface area contributed by atoms with Gasteiger partial charge in [0.1, 0.15) is 0 Å². The predicted octanol–water partition coefficient (Wildman–Crippen LogP) is 1.84. The van der Waals surface area contributed by atoms with Gasteiger partial charge in [0.2, 0.25) is 0 Å². The molecule has 3 atom stereocenters. The summed E-state index contributed by atoms with van der Waals surface area (Å²) in [5.41, 5.74) is 0. The largest absolute Gasteiger partial charge is 0.393 e. The topological polar surface area (TPSA) is 60.7 Å². The fraction of sp³-hybridized carbons (Fsp3) is 1.00. The number of aliphatic hydroxyl groups excluding tert-OH is 3. The molecule has 15 heavy (non-hydrogen) atoms. The molecule has 0 aliphatic rings. The molecular weight excluding hydrogens is 192 g/mol. The molecule has 0 bridgehead atoms.